The van der Waals surface area contributed by atoms with Crippen LogP contribution < -0.4 is 10.6 Å². The van der Waals surface area contributed by atoms with Crippen molar-refractivity contribution < 1.29 is 14.5 Å². The highest BCUT2D eigenvalue weighted by atomic mass is 16.6. The molecule has 0 bridgehead atoms. The summed E-state index contributed by atoms with van der Waals surface area (Å²) in [5, 5.41) is 15.6. The fraction of sp³-hybridized carbons (Fsp3) is 0.571. The third-order valence-corrected chi connectivity index (χ3v) is 2.20. The van der Waals surface area contributed by atoms with Crippen molar-refractivity contribution in [2.45, 2.75) is 12.5 Å². The molecule has 0 amide bonds. The first-order chi connectivity index (χ1) is 6.68. The maximum absolute atomic E-state index is 10.7. The summed E-state index contributed by atoms with van der Waals surface area (Å²) in [6.07, 6.45) is 0.825. The first kappa shape index (κ1) is 8.95. The fourth-order valence-electron chi connectivity index (χ4n) is 1.51. The molecule has 0 aromatic carbocycles. The third kappa shape index (κ3) is 1.41. The van der Waals surface area contributed by atoms with Gasteiger partial charge in [0.2, 0.25) is 11.5 Å². The summed E-state index contributed by atoms with van der Waals surface area (Å²) in [7, 11) is 0. The molecule has 1 aromatic rings. The van der Waals surface area contributed by atoms with Gasteiger partial charge in [-0.15, -0.1) is 0 Å². The number of nitrogens with zero attached hydrogens (tertiary/aromatic N) is 3. The van der Waals surface area contributed by atoms with Crippen molar-refractivity contribution in [2.75, 3.05) is 18.0 Å². The molecule has 1 saturated heterocycles. The Morgan fingerprint density at radius 1 is 1.64 bits per heavy atom. The average Bonchev–Trinajstić information content (AvgIpc) is 2.70. The van der Waals surface area contributed by atoms with Crippen LogP contribution in [0.5, 0.6) is 0 Å². The average molecular weight is 198 g/mol. The molecular weight excluding hydrogens is 188 g/mol. The van der Waals surface area contributed by atoms with E-state index in [1.165, 1.54) is 0 Å². The molecule has 0 radical (unpaired) electrons. The molecule has 0 spiro atoms. The van der Waals surface area contributed by atoms with Crippen molar-refractivity contribution >= 4 is 11.8 Å². The molecule has 2 rings (SSSR count). The lowest BCUT2D eigenvalue weighted by Gasteiger charge is -2.12. The van der Waals surface area contributed by atoms with Gasteiger partial charge < -0.3 is 15.7 Å². The molecule has 76 valence electrons. The maximum Gasteiger partial charge on any atom is 0.362 e. The Hall–Kier alpha value is -1.63. The van der Waals surface area contributed by atoms with Gasteiger partial charge in [0.15, 0.2) is 0 Å². The Labute approximate surface area is 79.4 Å². The summed E-state index contributed by atoms with van der Waals surface area (Å²) in [4.78, 5) is 12.5. The Bertz CT molecular complexity index is 350. The molecule has 7 nitrogen and oxygen atoms in total. The lowest BCUT2D eigenvalue weighted by molar-refractivity contribution is 0.0685. The number of aromatic carboxylic acids is 1. The van der Waals surface area contributed by atoms with Crippen LogP contribution in [0.1, 0.15) is 16.9 Å². The third-order valence-electron chi connectivity index (χ3n) is 2.20. The first-order valence-electron chi connectivity index (χ1n) is 4.25. The zero-order valence-electron chi connectivity index (χ0n) is 7.38. The van der Waals surface area contributed by atoms with E-state index in [2.05, 4.69) is 14.9 Å². The number of aromatic nitrogens is 2. The normalized spacial score (nSPS) is 21.5. The van der Waals surface area contributed by atoms with E-state index in [0.717, 1.165) is 6.42 Å². The van der Waals surface area contributed by atoms with Crippen LogP contribution in [0.15, 0.2) is 4.63 Å². The molecule has 3 N–H and O–H groups in total. The van der Waals surface area contributed by atoms with Gasteiger partial charge in [0.05, 0.1) is 0 Å². The van der Waals surface area contributed by atoms with Crippen LogP contribution >= 0.6 is 0 Å². The number of carboxylic acids is 1. The number of carbonyl (C=O) groups is 1. The number of hydrogen-bond donors (Lipinski definition) is 2. The summed E-state index contributed by atoms with van der Waals surface area (Å²) in [6.45, 7) is 1.28. The van der Waals surface area contributed by atoms with Crippen LogP contribution in [0.25, 0.3) is 0 Å². The Balaban J connectivity index is 2.23. The molecule has 1 aromatic heterocycles. The second-order valence-corrected chi connectivity index (χ2v) is 3.24. The quantitative estimate of drug-likeness (QED) is 0.647. The summed E-state index contributed by atoms with van der Waals surface area (Å²) in [5.74, 6) is -0.868. The van der Waals surface area contributed by atoms with Gasteiger partial charge in [-0.25, -0.2) is 9.42 Å². The molecule has 0 aliphatic carbocycles. The van der Waals surface area contributed by atoms with Crippen molar-refractivity contribution in [3.8, 4) is 0 Å². The Kier molecular flexibility index (Phi) is 2.08. The first-order valence-corrected chi connectivity index (χ1v) is 4.25. The predicted molar refractivity (Wildman–Crippen MR) is 46.1 cm³/mol. The van der Waals surface area contributed by atoms with Crippen molar-refractivity contribution in [1.82, 2.24) is 10.3 Å². The number of hydrogen-bond acceptors (Lipinski definition) is 6. The van der Waals surface area contributed by atoms with Gasteiger partial charge in [0.1, 0.15) is 0 Å². The zero-order valence-corrected chi connectivity index (χ0v) is 7.38. The van der Waals surface area contributed by atoms with Crippen LogP contribution in [0.4, 0.5) is 5.82 Å². The van der Waals surface area contributed by atoms with Crippen LogP contribution in [-0.2, 0) is 0 Å². The predicted octanol–water partition coefficient (Wildman–Crippen LogP) is -0.695. The van der Waals surface area contributed by atoms with E-state index < -0.39 is 5.97 Å². The lowest BCUT2D eigenvalue weighted by atomic mass is 10.3. The Morgan fingerprint density at radius 2 is 2.43 bits per heavy atom. The molecular formula is C7H10N4O3. The monoisotopic (exact) mass is 198 g/mol. The number of nitrogens with two attached hydrogens (primary N) is 1. The smallest absolute Gasteiger partial charge is 0.362 e. The van der Waals surface area contributed by atoms with Gasteiger partial charge in [-0.3, -0.25) is 0 Å². The highest BCUT2D eigenvalue weighted by molar-refractivity contribution is 5.90. The zero-order chi connectivity index (χ0) is 10.1. The number of carboxylic acid groups (broad SMARTS) is 1. The van der Waals surface area contributed by atoms with Crippen molar-refractivity contribution in [3.63, 3.8) is 0 Å². The van der Waals surface area contributed by atoms with Crippen molar-refractivity contribution in [1.29, 1.82) is 0 Å². The lowest BCUT2D eigenvalue weighted by Crippen LogP contribution is -2.27. The van der Waals surface area contributed by atoms with Gasteiger partial charge in [-0.1, -0.05) is 0 Å². The van der Waals surface area contributed by atoms with Crippen molar-refractivity contribution in [2.24, 2.45) is 5.73 Å². The van der Waals surface area contributed by atoms with E-state index >= 15 is 0 Å². The van der Waals surface area contributed by atoms with Gasteiger partial charge in [-0.2, -0.15) is 0 Å². The van der Waals surface area contributed by atoms with E-state index in [-0.39, 0.29) is 17.6 Å². The van der Waals surface area contributed by atoms with E-state index in [4.69, 9.17) is 10.8 Å². The standard InChI is InChI=1S/C7H10N4O3/c8-4-1-2-11(3-4)6-5(7(12)13)9-14-10-6/h4H,1-3,8H2,(H,12,13). The fourth-order valence-corrected chi connectivity index (χ4v) is 1.51. The summed E-state index contributed by atoms with van der Waals surface area (Å²) < 4.78 is 4.39. The Morgan fingerprint density at radius 3 is 3.00 bits per heavy atom. The largest absolute Gasteiger partial charge is 0.476 e. The second kappa shape index (κ2) is 3.26. The van der Waals surface area contributed by atoms with E-state index in [1.807, 2.05) is 0 Å². The topological polar surface area (TPSA) is 105 Å². The van der Waals surface area contributed by atoms with Crippen LogP contribution in [0.2, 0.25) is 0 Å². The minimum Gasteiger partial charge on any atom is -0.476 e. The van der Waals surface area contributed by atoms with Crippen LogP contribution in [-0.4, -0.2) is 40.5 Å². The molecule has 1 atom stereocenters. The molecule has 7 heteroatoms. The van der Waals surface area contributed by atoms with Crippen LogP contribution in [0.3, 0.4) is 0 Å². The summed E-state index contributed by atoms with van der Waals surface area (Å²) in [5.41, 5.74) is 5.54. The molecule has 1 fully saturated rings. The molecule has 1 aliphatic heterocycles. The minimum absolute atomic E-state index is 0.0633. The molecule has 0 saturated carbocycles. The molecule has 1 unspecified atom stereocenters. The summed E-state index contributed by atoms with van der Waals surface area (Å²) in [6, 6.07) is 0.0633. The minimum atomic E-state index is -1.14. The highest BCUT2D eigenvalue weighted by Gasteiger charge is 2.27. The number of anilines is 1. The van der Waals surface area contributed by atoms with E-state index in [0.29, 0.717) is 13.1 Å². The SMILES string of the molecule is NC1CCN(c2nonc2C(=O)O)C1. The van der Waals surface area contributed by atoms with Crippen LogP contribution in [0, 0.1) is 0 Å². The van der Waals surface area contributed by atoms with E-state index in [1.54, 1.807) is 4.90 Å². The maximum atomic E-state index is 10.7. The molecule has 1 aliphatic rings. The summed E-state index contributed by atoms with van der Waals surface area (Å²) >= 11 is 0. The number of rotatable bonds is 2. The molecule has 14 heavy (non-hydrogen) atoms. The second-order valence-electron chi connectivity index (χ2n) is 3.24. The molecule has 2 heterocycles. The van der Waals surface area contributed by atoms with E-state index in [9.17, 15) is 4.79 Å². The van der Waals surface area contributed by atoms with Gasteiger partial charge in [0, 0.05) is 19.1 Å². The highest BCUT2D eigenvalue weighted by Crippen LogP contribution is 2.20. The van der Waals surface area contributed by atoms with Gasteiger partial charge in [0.25, 0.3) is 0 Å². The van der Waals surface area contributed by atoms with Gasteiger partial charge >= 0.3 is 5.97 Å². The van der Waals surface area contributed by atoms with Gasteiger partial charge in [-0.05, 0) is 16.7 Å². The van der Waals surface area contributed by atoms with Crippen molar-refractivity contribution in [3.05, 3.63) is 5.69 Å².